The molecule has 4 aromatic rings. The van der Waals surface area contributed by atoms with Crippen LogP contribution in [-0.4, -0.2) is 10.9 Å². The second-order valence-corrected chi connectivity index (χ2v) is 6.92. The third-order valence-corrected chi connectivity index (χ3v) is 4.82. The van der Waals surface area contributed by atoms with Gasteiger partial charge in [0.2, 0.25) is 0 Å². The number of halogens is 3. The summed E-state index contributed by atoms with van der Waals surface area (Å²) in [5, 5.41) is 6.81. The van der Waals surface area contributed by atoms with E-state index >= 15 is 0 Å². The van der Waals surface area contributed by atoms with Gasteiger partial charge in [0.15, 0.2) is 0 Å². The molecule has 0 saturated carbocycles. The standard InChI is InChI=1S/C24H18F3N3O/c25-24(26,27)17-7-4-8-18(14-17)30-23(31)20-9-1-2-11-22(20)29-15-16-6-3-12-21-19(16)10-5-13-28-21/h1-14,29H,15H2,(H,30,31). The highest BCUT2D eigenvalue weighted by molar-refractivity contribution is 6.08. The average molecular weight is 421 g/mol. The summed E-state index contributed by atoms with van der Waals surface area (Å²) in [5.41, 5.74) is 2.05. The number of pyridine rings is 1. The Labute approximate surface area is 176 Å². The number of fused-ring (bicyclic) bond motifs is 1. The molecule has 0 unspecified atom stereocenters. The van der Waals surface area contributed by atoms with E-state index in [4.69, 9.17) is 0 Å². The molecule has 1 heterocycles. The molecular formula is C24H18F3N3O. The average Bonchev–Trinajstić information content (AvgIpc) is 2.77. The van der Waals surface area contributed by atoms with Gasteiger partial charge >= 0.3 is 6.18 Å². The van der Waals surface area contributed by atoms with Crippen LogP contribution in [0.5, 0.6) is 0 Å². The molecule has 0 atom stereocenters. The molecule has 7 heteroatoms. The van der Waals surface area contributed by atoms with Crippen molar-refractivity contribution in [2.45, 2.75) is 12.7 Å². The van der Waals surface area contributed by atoms with Gasteiger partial charge in [0, 0.05) is 29.5 Å². The molecule has 0 bridgehead atoms. The van der Waals surface area contributed by atoms with E-state index in [-0.39, 0.29) is 5.69 Å². The first-order valence-corrected chi connectivity index (χ1v) is 9.56. The minimum atomic E-state index is -4.48. The van der Waals surface area contributed by atoms with E-state index < -0.39 is 17.6 Å². The van der Waals surface area contributed by atoms with Crippen LogP contribution in [-0.2, 0) is 12.7 Å². The zero-order chi connectivity index (χ0) is 21.8. The number of carbonyl (C=O) groups excluding carboxylic acids is 1. The second kappa shape index (κ2) is 8.47. The number of carbonyl (C=O) groups is 1. The van der Waals surface area contributed by atoms with Gasteiger partial charge in [-0.05, 0) is 48.0 Å². The minimum absolute atomic E-state index is 0.0785. The zero-order valence-electron chi connectivity index (χ0n) is 16.3. The SMILES string of the molecule is O=C(Nc1cccc(C(F)(F)F)c1)c1ccccc1NCc1cccc2ncccc12. The maximum absolute atomic E-state index is 12.9. The van der Waals surface area contributed by atoms with Gasteiger partial charge in [0.1, 0.15) is 0 Å². The number of anilines is 2. The highest BCUT2D eigenvalue weighted by Crippen LogP contribution is 2.31. The van der Waals surface area contributed by atoms with Crippen molar-refractivity contribution in [3.8, 4) is 0 Å². The Kier molecular flexibility index (Phi) is 5.58. The van der Waals surface area contributed by atoms with Crippen molar-refractivity contribution in [2.75, 3.05) is 10.6 Å². The fourth-order valence-electron chi connectivity index (χ4n) is 3.32. The molecule has 0 saturated heterocycles. The van der Waals surface area contributed by atoms with Crippen molar-refractivity contribution in [1.82, 2.24) is 4.98 Å². The van der Waals surface area contributed by atoms with Gasteiger partial charge in [0.25, 0.3) is 5.91 Å². The quantitative estimate of drug-likeness (QED) is 0.408. The van der Waals surface area contributed by atoms with E-state index in [1.807, 2.05) is 30.3 Å². The van der Waals surface area contributed by atoms with E-state index in [1.165, 1.54) is 12.1 Å². The predicted molar refractivity (Wildman–Crippen MR) is 115 cm³/mol. The highest BCUT2D eigenvalue weighted by Gasteiger charge is 2.30. The van der Waals surface area contributed by atoms with Crippen molar-refractivity contribution >= 4 is 28.2 Å². The second-order valence-electron chi connectivity index (χ2n) is 6.92. The van der Waals surface area contributed by atoms with Crippen molar-refractivity contribution in [2.24, 2.45) is 0 Å². The molecule has 3 aromatic carbocycles. The molecule has 31 heavy (non-hydrogen) atoms. The summed E-state index contributed by atoms with van der Waals surface area (Å²) < 4.78 is 38.8. The molecule has 1 aromatic heterocycles. The van der Waals surface area contributed by atoms with Crippen LogP contribution in [0.3, 0.4) is 0 Å². The number of hydrogen-bond acceptors (Lipinski definition) is 3. The van der Waals surface area contributed by atoms with E-state index in [9.17, 15) is 18.0 Å². The van der Waals surface area contributed by atoms with Crippen LogP contribution < -0.4 is 10.6 Å². The fourth-order valence-corrected chi connectivity index (χ4v) is 3.32. The van der Waals surface area contributed by atoms with E-state index in [1.54, 1.807) is 30.5 Å². The normalized spacial score (nSPS) is 11.3. The lowest BCUT2D eigenvalue weighted by Crippen LogP contribution is -2.15. The number of para-hydroxylation sites is 1. The van der Waals surface area contributed by atoms with E-state index in [0.717, 1.165) is 28.6 Å². The molecule has 0 radical (unpaired) electrons. The number of alkyl halides is 3. The van der Waals surface area contributed by atoms with Gasteiger partial charge in [-0.15, -0.1) is 0 Å². The summed E-state index contributed by atoms with van der Waals surface area (Å²) in [5.74, 6) is -0.498. The molecular weight excluding hydrogens is 403 g/mol. The topological polar surface area (TPSA) is 54.0 Å². The Bertz CT molecular complexity index is 1230. The van der Waals surface area contributed by atoms with Crippen LogP contribution in [0, 0.1) is 0 Å². The lowest BCUT2D eigenvalue weighted by atomic mass is 10.1. The van der Waals surface area contributed by atoms with E-state index in [2.05, 4.69) is 15.6 Å². The van der Waals surface area contributed by atoms with Gasteiger partial charge in [-0.1, -0.05) is 36.4 Å². The number of benzene rings is 3. The predicted octanol–water partition coefficient (Wildman–Crippen LogP) is 6.12. The molecule has 1 amide bonds. The number of nitrogens with zero attached hydrogens (tertiary/aromatic N) is 1. The monoisotopic (exact) mass is 421 g/mol. The first-order valence-electron chi connectivity index (χ1n) is 9.56. The Morgan fingerprint density at radius 3 is 2.55 bits per heavy atom. The lowest BCUT2D eigenvalue weighted by molar-refractivity contribution is -0.137. The van der Waals surface area contributed by atoms with Crippen LogP contribution in [0.4, 0.5) is 24.5 Å². The summed E-state index contributed by atoms with van der Waals surface area (Å²) in [4.78, 5) is 17.1. The van der Waals surface area contributed by atoms with Gasteiger partial charge in [0.05, 0.1) is 16.6 Å². The first kappa shape index (κ1) is 20.4. The summed E-state index contributed by atoms with van der Waals surface area (Å²) in [6, 6.07) is 21.1. The number of aromatic nitrogens is 1. The van der Waals surface area contributed by atoms with E-state index in [0.29, 0.717) is 17.8 Å². The summed E-state index contributed by atoms with van der Waals surface area (Å²) >= 11 is 0. The largest absolute Gasteiger partial charge is 0.416 e. The van der Waals surface area contributed by atoms with Crippen LogP contribution in [0.15, 0.2) is 85.1 Å². The maximum atomic E-state index is 12.9. The Morgan fingerprint density at radius 1 is 0.903 bits per heavy atom. The van der Waals surface area contributed by atoms with Gasteiger partial charge < -0.3 is 10.6 Å². The Hall–Kier alpha value is -3.87. The molecule has 0 spiro atoms. The van der Waals surface area contributed by atoms with Crippen molar-refractivity contribution in [3.63, 3.8) is 0 Å². The smallest absolute Gasteiger partial charge is 0.380 e. The van der Waals surface area contributed by atoms with Crippen LogP contribution >= 0.6 is 0 Å². The lowest BCUT2D eigenvalue weighted by Gasteiger charge is -2.14. The molecule has 0 aliphatic rings. The molecule has 0 aliphatic heterocycles. The zero-order valence-corrected chi connectivity index (χ0v) is 16.3. The van der Waals surface area contributed by atoms with Crippen LogP contribution in [0.25, 0.3) is 10.9 Å². The van der Waals surface area contributed by atoms with Crippen molar-refractivity contribution in [1.29, 1.82) is 0 Å². The third kappa shape index (κ3) is 4.66. The van der Waals surface area contributed by atoms with Gasteiger partial charge in [-0.3, -0.25) is 9.78 Å². The minimum Gasteiger partial charge on any atom is -0.380 e. The summed E-state index contributed by atoms with van der Waals surface area (Å²) in [6.45, 7) is 0.455. The Balaban J connectivity index is 1.54. The molecule has 4 rings (SSSR count). The Morgan fingerprint density at radius 2 is 1.71 bits per heavy atom. The summed E-state index contributed by atoms with van der Waals surface area (Å²) in [6.07, 6.45) is -2.75. The van der Waals surface area contributed by atoms with Crippen molar-refractivity contribution < 1.29 is 18.0 Å². The molecule has 156 valence electrons. The number of nitrogens with one attached hydrogen (secondary N) is 2. The number of hydrogen-bond donors (Lipinski definition) is 2. The first-order chi connectivity index (χ1) is 14.9. The molecule has 4 nitrogen and oxygen atoms in total. The third-order valence-electron chi connectivity index (χ3n) is 4.82. The van der Waals surface area contributed by atoms with Crippen LogP contribution in [0.2, 0.25) is 0 Å². The summed E-state index contributed by atoms with van der Waals surface area (Å²) in [7, 11) is 0. The van der Waals surface area contributed by atoms with Gasteiger partial charge in [-0.25, -0.2) is 0 Å². The number of rotatable bonds is 5. The molecule has 2 N–H and O–H groups in total. The van der Waals surface area contributed by atoms with Gasteiger partial charge in [-0.2, -0.15) is 13.2 Å². The molecule has 0 aliphatic carbocycles. The number of amides is 1. The maximum Gasteiger partial charge on any atom is 0.416 e. The molecule has 0 fully saturated rings. The highest BCUT2D eigenvalue weighted by atomic mass is 19.4. The van der Waals surface area contributed by atoms with Crippen LogP contribution in [0.1, 0.15) is 21.5 Å². The fraction of sp³-hybridized carbons (Fsp3) is 0.0833. The van der Waals surface area contributed by atoms with Crippen molar-refractivity contribution in [3.05, 3.63) is 102 Å².